The van der Waals surface area contributed by atoms with E-state index in [4.69, 9.17) is 21.1 Å². The molecule has 1 aromatic heterocycles. The molecule has 0 fully saturated rings. The number of carboxylic acids is 1. The molecule has 3 aromatic rings. The highest BCUT2D eigenvalue weighted by Crippen LogP contribution is 2.39. The normalized spacial score (nSPS) is 12.4. The van der Waals surface area contributed by atoms with Crippen molar-refractivity contribution in [3.8, 4) is 22.6 Å². The van der Waals surface area contributed by atoms with E-state index >= 15 is 0 Å². The Bertz CT molecular complexity index is 1110. The van der Waals surface area contributed by atoms with Crippen LogP contribution >= 0.6 is 22.9 Å². The molecule has 2 aromatic carbocycles. The maximum absolute atomic E-state index is 11.6. The molecular weight excluding hydrogens is 450 g/mol. The van der Waals surface area contributed by atoms with Crippen LogP contribution < -0.4 is 9.47 Å². The van der Waals surface area contributed by atoms with Crippen molar-refractivity contribution >= 4 is 28.9 Å². The number of nitrogens with zero attached hydrogens (tertiary/aromatic N) is 1. The Labute approximate surface area is 196 Å². The third-order valence-electron chi connectivity index (χ3n) is 4.71. The summed E-state index contributed by atoms with van der Waals surface area (Å²) < 4.78 is 11.3. The second-order valence-corrected chi connectivity index (χ2v) is 9.90. The Morgan fingerprint density at radius 3 is 2.59 bits per heavy atom. The molecule has 8 heteroatoms. The molecule has 170 valence electrons. The summed E-state index contributed by atoms with van der Waals surface area (Å²) in [5.74, 6) is -0.149. The van der Waals surface area contributed by atoms with E-state index in [0.717, 1.165) is 26.6 Å². The number of aryl methyl sites for hydroxylation is 1. The third-order valence-corrected chi connectivity index (χ3v) is 5.96. The molecule has 3 rings (SSSR count). The molecule has 0 bridgehead atoms. The van der Waals surface area contributed by atoms with Crippen LogP contribution in [0.1, 0.15) is 41.6 Å². The molecule has 0 aliphatic heterocycles. The SMILES string of the molecule is COc1ccc(OCC(C)(C)O)cc1-c1cc(Cl)cc(C(CC(=O)O)c2ncc(C)s2)c1. The average Bonchev–Trinajstić information content (AvgIpc) is 3.15. The van der Waals surface area contributed by atoms with Gasteiger partial charge in [0.2, 0.25) is 0 Å². The molecule has 1 unspecified atom stereocenters. The molecule has 0 saturated heterocycles. The molecule has 6 nitrogen and oxygen atoms in total. The fourth-order valence-corrected chi connectivity index (χ4v) is 4.43. The first-order valence-corrected chi connectivity index (χ1v) is 11.2. The number of benzene rings is 2. The van der Waals surface area contributed by atoms with Gasteiger partial charge in [0.05, 0.1) is 19.1 Å². The van der Waals surface area contributed by atoms with E-state index in [1.807, 2.05) is 19.1 Å². The monoisotopic (exact) mass is 475 g/mol. The maximum Gasteiger partial charge on any atom is 0.304 e. The number of aliphatic hydroxyl groups is 1. The molecule has 1 atom stereocenters. The van der Waals surface area contributed by atoms with Crippen LogP contribution in [0.15, 0.2) is 42.6 Å². The first kappa shape index (κ1) is 24.0. The van der Waals surface area contributed by atoms with Gasteiger partial charge in [-0.15, -0.1) is 11.3 Å². The van der Waals surface area contributed by atoms with E-state index < -0.39 is 17.5 Å². The van der Waals surface area contributed by atoms with Gasteiger partial charge in [-0.3, -0.25) is 4.79 Å². The maximum atomic E-state index is 11.6. The van der Waals surface area contributed by atoms with E-state index in [1.165, 1.54) is 11.3 Å². The molecule has 2 N–H and O–H groups in total. The van der Waals surface area contributed by atoms with Gasteiger partial charge in [0.15, 0.2) is 0 Å². The predicted molar refractivity (Wildman–Crippen MR) is 126 cm³/mol. The van der Waals surface area contributed by atoms with Crippen LogP contribution in [0.3, 0.4) is 0 Å². The summed E-state index contributed by atoms with van der Waals surface area (Å²) in [6.07, 6.45) is 1.64. The van der Waals surface area contributed by atoms with Crippen molar-refractivity contribution in [1.82, 2.24) is 4.98 Å². The molecular formula is C24H26ClNO5S. The second kappa shape index (κ2) is 9.90. The molecule has 0 aliphatic rings. The van der Waals surface area contributed by atoms with Crippen LogP contribution in [0, 0.1) is 6.92 Å². The van der Waals surface area contributed by atoms with E-state index in [9.17, 15) is 15.0 Å². The van der Waals surface area contributed by atoms with Crippen molar-refractivity contribution in [2.24, 2.45) is 0 Å². The lowest BCUT2D eigenvalue weighted by Gasteiger charge is -2.19. The number of carbonyl (C=O) groups is 1. The molecule has 32 heavy (non-hydrogen) atoms. The molecule has 0 aliphatic carbocycles. The minimum absolute atomic E-state index is 0.0986. The minimum atomic E-state index is -0.973. The van der Waals surface area contributed by atoms with Crippen molar-refractivity contribution in [1.29, 1.82) is 0 Å². The smallest absolute Gasteiger partial charge is 0.304 e. The summed E-state index contributed by atoms with van der Waals surface area (Å²) in [5, 5.41) is 20.7. The van der Waals surface area contributed by atoms with Gasteiger partial charge in [0.1, 0.15) is 23.1 Å². The Balaban J connectivity index is 2.06. The zero-order chi connectivity index (χ0) is 23.5. The summed E-state index contributed by atoms with van der Waals surface area (Å²) in [7, 11) is 1.58. The Kier molecular flexibility index (Phi) is 7.44. The Morgan fingerprint density at radius 2 is 2.00 bits per heavy atom. The first-order chi connectivity index (χ1) is 15.1. The summed E-state index contributed by atoms with van der Waals surface area (Å²) in [5.41, 5.74) is 1.30. The van der Waals surface area contributed by atoms with Gasteiger partial charge < -0.3 is 19.7 Å². The zero-order valence-corrected chi connectivity index (χ0v) is 20.0. The van der Waals surface area contributed by atoms with Crippen molar-refractivity contribution in [3.05, 3.63) is 63.1 Å². The largest absolute Gasteiger partial charge is 0.496 e. The Hall–Kier alpha value is -2.61. The van der Waals surface area contributed by atoms with Gasteiger partial charge in [-0.2, -0.15) is 0 Å². The second-order valence-electron chi connectivity index (χ2n) is 8.20. The summed E-state index contributed by atoms with van der Waals surface area (Å²) >= 11 is 7.93. The van der Waals surface area contributed by atoms with Gasteiger partial charge in [0.25, 0.3) is 0 Å². The number of carboxylic acid groups (broad SMARTS) is 1. The zero-order valence-electron chi connectivity index (χ0n) is 18.4. The number of rotatable bonds is 9. The summed E-state index contributed by atoms with van der Waals surface area (Å²) in [6, 6.07) is 10.9. The van der Waals surface area contributed by atoms with Gasteiger partial charge in [-0.1, -0.05) is 17.7 Å². The number of halogens is 1. The highest BCUT2D eigenvalue weighted by atomic mass is 35.5. The molecule has 0 radical (unpaired) electrons. The van der Waals surface area contributed by atoms with E-state index in [0.29, 0.717) is 16.5 Å². The van der Waals surface area contributed by atoms with Gasteiger partial charge in [0, 0.05) is 27.6 Å². The highest BCUT2D eigenvalue weighted by Gasteiger charge is 2.23. The number of aromatic nitrogens is 1. The van der Waals surface area contributed by atoms with Crippen LogP contribution in [0.2, 0.25) is 5.02 Å². The van der Waals surface area contributed by atoms with Crippen LogP contribution in [0.5, 0.6) is 11.5 Å². The Morgan fingerprint density at radius 1 is 1.25 bits per heavy atom. The van der Waals surface area contributed by atoms with Crippen LogP contribution in [-0.2, 0) is 4.79 Å². The number of aliphatic carboxylic acids is 1. The topological polar surface area (TPSA) is 88.9 Å². The standard InChI is InChI=1S/C24H26ClNO5S/c1-14-12-26-23(32-14)20(11-22(27)28)16-7-15(8-17(25)9-16)19-10-18(5-6-21(19)30-4)31-13-24(2,3)29/h5-10,12,20,29H,11,13H2,1-4H3,(H,27,28). The molecule has 0 amide bonds. The summed E-state index contributed by atoms with van der Waals surface area (Å²) in [4.78, 5) is 17.0. The molecule has 1 heterocycles. The third kappa shape index (κ3) is 6.22. The number of hydrogen-bond acceptors (Lipinski definition) is 6. The quantitative estimate of drug-likeness (QED) is 0.422. The molecule has 0 spiro atoms. The summed E-state index contributed by atoms with van der Waals surface area (Å²) in [6.45, 7) is 5.41. The average molecular weight is 476 g/mol. The number of hydrogen-bond donors (Lipinski definition) is 2. The van der Waals surface area contributed by atoms with E-state index in [2.05, 4.69) is 4.98 Å². The van der Waals surface area contributed by atoms with Crippen molar-refractivity contribution < 1.29 is 24.5 Å². The van der Waals surface area contributed by atoms with Crippen LogP contribution in [0.25, 0.3) is 11.1 Å². The van der Waals surface area contributed by atoms with Gasteiger partial charge in [-0.25, -0.2) is 4.98 Å². The highest BCUT2D eigenvalue weighted by molar-refractivity contribution is 7.11. The van der Waals surface area contributed by atoms with Crippen molar-refractivity contribution in [3.63, 3.8) is 0 Å². The van der Waals surface area contributed by atoms with Gasteiger partial charge >= 0.3 is 5.97 Å². The minimum Gasteiger partial charge on any atom is -0.496 e. The predicted octanol–water partition coefficient (Wildman–Crippen LogP) is 5.54. The lowest BCUT2D eigenvalue weighted by atomic mass is 9.92. The van der Waals surface area contributed by atoms with Crippen LogP contribution in [0.4, 0.5) is 0 Å². The van der Waals surface area contributed by atoms with E-state index in [-0.39, 0.29) is 13.0 Å². The van der Waals surface area contributed by atoms with E-state index in [1.54, 1.807) is 51.4 Å². The number of thiazole rings is 1. The van der Waals surface area contributed by atoms with Crippen molar-refractivity contribution in [2.75, 3.05) is 13.7 Å². The lowest BCUT2D eigenvalue weighted by Crippen LogP contribution is -2.27. The fraction of sp³-hybridized carbons (Fsp3) is 0.333. The number of ether oxygens (including phenoxy) is 2. The van der Waals surface area contributed by atoms with Gasteiger partial charge in [-0.05, 0) is 62.2 Å². The molecule has 0 saturated carbocycles. The van der Waals surface area contributed by atoms with Crippen molar-refractivity contribution in [2.45, 2.75) is 38.7 Å². The number of methoxy groups -OCH3 is 1. The first-order valence-electron chi connectivity index (χ1n) is 10.0. The fourth-order valence-electron chi connectivity index (χ4n) is 3.29. The van der Waals surface area contributed by atoms with Crippen LogP contribution in [-0.4, -0.2) is 40.5 Å². The lowest BCUT2D eigenvalue weighted by molar-refractivity contribution is -0.137.